The molecule has 1 saturated carbocycles. The normalized spacial score (nSPS) is 19.5. The molecule has 1 aliphatic carbocycles. The molecule has 1 aliphatic rings. The molecule has 0 radical (unpaired) electrons. The van der Waals surface area contributed by atoms with Crippen molar-refractivity contribution in [2.45, 2.75) is 51.2 Å². The lowest BCUT2D eigenvalue weighted by Gasteiger charge is -2.44. The van der Waals surface area contributed by atoms with Gasteiger partial charge in [0.15, 0.2) is 0 Å². The third-order valence-corrected chi connectivity index (χ3v) is 4.57. The molecule has 1 N–H and O–H groups in total. The van der Waals surface area contributed by atoms with Gasteiger partial charge >= 0.3 is 0 Å². The minimum absolute atomic E-state index is 0.344. The lowest BCUT2D eigenvalue weighted by atomic mass is 9.84. The van der Waals surface area contributed by atoms with E-state index in [1.54, 1.807) is 0 Å². The zero-order valence-corrected chi connectivity index (χ0v) is 12.2. The van der Waals surface area contributed by atoms with Gasteiger partial charge in [0.2, 0.25) is 0 Å². The lowest BCUT2D eigenvalue weighted by molar-refractivity contribution is -0.0271. The van der Waals surface area contributed by atoms with E-state index in [0.29, 0.717) is 5.56 Å². The SMILES string of the molecule is CCN(CC)C1(C(O)c2cc(F)cc(F)c2)CCCC1. The van der Waals surface area contributed by atoms with Gasteiger partial charge in [0.05, 0.1) is 11.6 Å². The Morgan fingerprint density at radius 1 is 1.10 bits per heavy atom. The molecule has 0 aliphatic heterocycles. The lowest BCUT2D eigenvalue weighted by Crippen LogP contribution is -2.51. The quantitative estimate of drug-likeness (QED) is 0.891. The second-order valence-electron chi connectivity index (χ2n) is 5.59. The average molecular weight is 283 g/mol. The number of rotatable bonds is 5. The van der Waals surface area contributed by atoms with Gasteiger partial charge < -0.3 is 5.11 Å². The van der Waals surface area contributed by atoms with Crippen LogP contribution in [0.1, 0.15) is 51.2 Å². The van der Waals surface area contributed by atoms with Crippen molar-refractivity contribution >= 4 is 0 Å². The van der Waals surface area contributed by atoms with E-state index in [0.717, 1.165) is 44.8 Å². The van der Waals surface area contributed by atoms with Crippen LogP contribution in [0, 0.1) is 11.6 Å². The Morgan fingerprint density at radius 2 is 1.60 bits per heavy atom. The van der Waals surface area contributed by atoms with Gasteiger partial charge in [0.25, 0.3) is 0 Å². The number of likely N-dealkylation sites (N-methyl/N-ethyl adjacent to an activating group) is 1. The van der Waals surface area contributed by atoms with E-state index in [-0.39, 0.29) is 5.54 Å². The maximum Gasteiger partial charge on any atom is 0.126 e. The summed E-state index contributed by atoms with van der Waals surface area (Å²) < 4.78 is 26.8. The van der Waals surface area contributed by atoms with Gasteiger partial charge in [-0.2, -0.15) is 0 Å². The van der Waals surface area contributed by atoms with Gasteiger partial charge in [-0.15, -0.1) is 0 Å². The van der Waals surface area contributed by atoms with Crippen molar-refractivity contribution in [1.29, 1.82) is 0 Å². The van der Waals surface area contributed by atoms with E-state index in [4.69, 9.17) is 0 Å². The first-order valence-electron chi connectivity index (χ1n) is 7.42. The molecule has 0 heterocycles. The Hall–Kier alpha value is -1.00. The average Bonchev–Trinajstić information content (AvgIpc) is 2.89. The summed E-state index contributed by atoms with van der Waals surface area (Å²) in [5.74, 6) is -1.27. The Kier molecular flexibility index (Phi) is 4.76. The molecule has 1 aromatic rings. The van der Waals surface area contributed by atoms with Crippen LogP contribution < -0.4 is 0 Å². The van der Waals surface area contributed by atoms with Gasteiger partial charge in [0, 0.05) is 6.07 Å². The molecular formula is C16H23F2NO. The van der Waals surface area contributed by atoms with Crippen LogP contribution in [-0.4, -0.2) is 28.6 Å². The third kappa shape index (κ3) is 2.72. The number of hydrogen-bond donors (Lipinski definition) is 1. The number of halogens is 2. The Labute approximate surface area is 119 Å². The molecule has 1 atom stereocenters. The van der Waals surface area contributed by atoms with Crippen molar-refractivity contribution in [3.8, 4) is 0 Å². The van der Waals surface area contributed by atoms with Gasteiger partial charge in [-0.25, -0.2) is 8.78 Å². The number of nitrogens with zero attached hydrogens (tertiary/aromatic N) is 1. The van der Waals surface area contributed by atoms with Crippen LogP contribution in [0.2, 0.25) is 0 Å². The number of aliphatic hydroxyl groups is 1. The predicted molar refractivity (Wildman–Crippen MR) is 75.4 cm³/mol. The summed E-state index contributed by atoms with van der Waals surface area (Å²) in [5, 5.41) is 10.8. The fraction of sp³-hybridized carbons (Fsp3) is 0.625. The predicted octanol–water partition coefficient (Wildman–Crippen LogP) is 3.65. The number of hydrogen-bond acceptors (Lipinski definition) is 2. The first-order valence-corrected chi connectivity index (χ1v) is 7.42. The molecule has 0 bridgehead atoms. The van der Waals surface area contributed by atoms with Crippen LogP contribution in [0.25, 0.3) is 0 Å². The molecular weight excluding hydrogens is 260 g/mol. The highest BCUT2D eigenvalue weighted by Crippen LogP contribution is 2.44. The maximum absolute atomic E-state index is 13.4. The van der Waals surface area contributed by atoms with Gasteiger partial charge in [-0.05, 0) is 43.6 Å². The van der Waals surface area contributed by atoms with E-state index < -0.39 is 17.7 Å². The van der Waals surface area contributed by atoms with Crippen LogP contribution in [0.4, 0.5) is 8.78 Å². The highest BCUT2D eigenvalue weighted by molar-refractivity contribution is 5.24. The van der Waals surface area contributed by atoms with Crippen LogP contribution in [0.5, 0.6) is 0 Å². The van der Waals surface area contributed by atoms with Crippen molar-refractivity contribution in [2.24, 2.45) is 0 Å². The van der Waals surface area contributed by atoms with Crippen LogP contribution in [-0.2, 0) is 0 Å². The summed E-state index contributed by atoms with van der Waals surface area (Å²) in [6.07, 6.45) is 2.98. The fourth-order valence-electron chi connectivity index (χ4n) is 3.65. The molecule has 0 aromatic heterocycles. The summed E-state index contributed by atoms with van der Waals surface area (Å²) in [7, 11) is 0. The Morgan fingerprint density at radius 3 is 2.05 bits per heavy atom. The minimum atomic E-state index is -0.852. The minimum Gasteiger partial charge on any atom is -0.386 e. The van der Waals surface area contributed by atoms with Gasteiger partial charge in [-0.1, -0.05) is 26.7 Å². The molecule has 0 amide bonds. The Balaban J connectivity index is 2.38. The molecule has 4 heteroatoms. The Bertz CT molecular complexity index is 434. The molecule has 112 valence electrons. The van der Waals surface area contributed by atoms with E-state index >= 15 is 0 Å². The van der Waals surface area contributed by atoms with E-state index in [9.17, 15) is 13.9 Å². The zero-order valence-electron chi connectivity index (χ0n) is 12.2. The second-order valence-corrected chi connectivity index (χ2v) is 5.59. The van der Waals surface area contributed by atoms with Crippen molar-refractivity contribution in [3.05, 3.63) is 35.4 Å². The molecule has 2 nitrogen and oxygen atoms in total. The summed E-state index contributed by atoms with van der Waals surface area (Å²) in [4.78, 5) is 2.23. The first-order chi connectivity index (χ1) is 9.53. The molecule has 1 aromatic carbocycles. The zero-order chi connectivity index (χ0) is 14.8. The standard InChI is InChI=1S/C16H23F2NO/c1-3-19(4-2)16(7-5-6-8-16)15(20)12-9-13(17)11-14(18)10-12/h9-11,15,20H,3-8H2,1-2H3. The molecule has 2 rings (SSSR count). The van der Waals surface area contributed by atoms with E-state index in [2.05, 4.69) is 18.7 Å². The van der Waals surface area contributed by atoms with Gasteiger partial charge in [0.1, 0.15) is 11.6 Å². The monoisotopic (exact) mass is 283 g/mol. The summed E-state index contributed by atoms with van der Waals surface area (Å²) in [6.45, 7) is 5.77. The molecule has 0 spiro atoms. The smallest absolute Gasteiger partial charge is 0.126 e. The van der Waals surface area contributed by atoms with Crippen LogP contribution in [0.3, 0.4) is 0 Å². The first kappa shape index (κ1) is 15.4. The highest BCUT2D eigenvalue weighted by Gasteiger charge is 2.45. The fourth-order valence-corrected chi connectivity index (χ4v) is 3.65. The number of benzene rings is 1. The topological polar surface area (TPSA) is 23.5 Å². The van der Waals surface area contributed by atoms with Crippen molar-refractivity contribution in [3.63, 3.8) is 0 Å². The van der Waals surface area contributed by atoms with Crippen molar-refractivity contribution in [2.75, 3.05) is 13.1 Å². The number of aliphatic hydroxyl groups excluding tert-OH is 1. The van der Waals surface area contributed by atoms with Crippen LogP contribution >= 0.6 is 0 Å². The molecule has 20 heavy (non-hydrogen) atoms. The van der Waals surface area contributed by atoms with Gasteiger partial charge in [-0.3, -0.25) is 4.90 Å². The summed E-state index contributed by atoms with van der Waals surface area (Å²) in [6, 6.07) is 3.34. The second kappa shape index (κ2) is 6.19. The van der Waals surface area contributed by atoms with Crippen molar-refractivity contribution in [1.82, 2.24) is 4.90 Å². The summed E-state index contributed by atoms with van der Waals surface area (Å²) >= 11 is 0. The molecule has 1 fully saturated rings. The molecule has 0 saturated heterocycles. The van der Waals surface area contributed by atoms with Crippen molar-refractivity contribution < 1.29 is 13.9 Å². The van der Waals surface area contributed by atoms with E-state index in [1.165, 1.54) is 12.1 Å². The van der Waals surface area contributed by atoms with E-state index in [1.807, 2.05) is 0 Å². The largest absolute Gasteiger partial charge is 0.386 e. The highest BCUT2D eigenvalue weighted by atomic mass is 19.1. The summed E-state index contributed by atoms with van der Waals surface area (Å²) in [5.41, 5.74) is -0.0414. The van der Waals surface area contributed by atoms with Crippen LogP contribution in [0.15, 0.2) is 18.2 Å². The third-order valence-electron chi connectivity index (χ3n) is 4.57. The maximum atomic E-state index is 13.4. The molecule has 1 unspecified atom stereocenters.